The molecule has 1 heterocycles. The smallest absolute Gasteiger partial charge is 0.335 e. The molecule has 2 N–H and O–H groups in total. The summed E-state index contributed by atoms with van der Waals surface area (Å²) in [5.74, 6) is -1.02. The minimum absolute atomic E-state index is 0.0106. The van der Waals surface area contributed by atoms with Crippen molar-refractivity contribution in [3.8, 4) is 0 Å². The number of hydrogen-bond acceptors (Lipinski definition) is 3. The fraction of sp³-hybridized carbons (Fsp3) is 0.320. The van der Waals surface area contributed by atoms with Crippen LogP contribution in [0.3, 0.4) is 0 Å². The lowest BCUT2D eigenvalue weighted by Crippen LogP contribution is -2.54. The van der Waals surface area contributed by atoms with Crippen LogP contribution in [-0.2, 0) is 18.1 Å². The molecule has 3 aromatic rings. The fourth-order valence-electron chi connectivity index (χ4n) is 4.39. The first-order valence-corrected chi connectivity index (χ1v) is 11.0. The van der Waals surface area contributed by atoms with Gasteiger partial charge in [0.15, 0.2) is 5.82 Å². The second-order valence-electron chi connectivity index (χ2n) is 8.45. The van der Waals surface area contributed by atoms with E-state index in [1.54, 1.807) is 36.4 Å². The molecule has 1 atom stereocenters. The predicted molar refractivity (Wildman–Crippen MR) is 118 cm³/mol. The van der Waals surface area contributed by atoms with Crippen molar-refractivity contribution in [2.45, 2.75) is 49.9 Å². The first kappa shape index (κ1) is 23.7. The van der Waals surface area contributed by atoms with E-state index in [-0.39, 0.29) is 23.9 Å². The van der Waals surface area contributed by atoms with Gasteiger partial charge in [0.1, 0.15) is 11.4 Å². The maximum absolute atomic E-state index is 14.5. The van der Waals surface area contributed by atoms with Crippen molar-refractivity contribution in [2.24, 2.45) is 0 Å². The maximum Gasteiger partial charge on any atom is 0.416 e. The molecule has 5 nitrogen and oxygen atoms in total. The van der Waals surface area contributed by atoms with Crippen LogP contribution in [0.25, 0.3) is 0 Å². The number of carbonyl (C=O) groups is 1. The van der Waals surface area contributed by atoms with E-state index in [9.17, 15) is 22.4 Å². The summed E-state index contributed by atoms with van der Waals surface area (Å²) in [7, 11) is 0. The van der Waals surface area contributed by atoms with E-state index in [1.807, 2.05) is 0 Å². The van der Waals surface area contributed by atoms with Crippen LogP contribution in [0.5, 0.6) is 0 Å². The highest BCUT2D eigenvalue weighted by atomic mass is 19.4. The average molecular weight is 472 g/mol. The van der Waals surface area contributed by atoms with E-state index in [1.165, 1.54) is 12.4 Å². The summed E-state index contributed by atoms with van der Waals surface area (Å²) in [5.41, 5.74) is -2.22. The molecular formula is C25H24F4N4O. The van der Waals surface area contributed by atoms with E-state index in [2.05, 4.69) is 20.6 Å². The number of hydrogen-bond donors (Lipinski definition) is 2. The van der Waals surface area contributed by atoms with Gasteiger partial charge in [0.2, 0.25) is 0 Å². The lowest BCUT2D eigenvalue weighted by molar-refractivity contribution is -0.137. The van der Waals surface area contributed by atoms with Gasteiger partial charge in [-0.3, -0.25) is 0 Å². The summed E-state index contributed by atoms with van der Waals surface area (Å²) < 4.78 is 55.3. The first-order valence-electron chi connectivity index (χ1n) is 11.0. The number of amides is 2. The van der Waals surface area contributed by atoms with Crippen LogP contribution in [0.4, 0.5) is 22.4 Å². The van der Waals surface area contributed by atoms with E-state index >= 15 is 0 Å². The highest BCUT2D eigenvalue weighted by Crippen LogP contribution is 2.37. The Labute approximate surface area is 194 Å². The van der Waals surface area contributed by atoms with Gasteiger partial charge in [0.25, 0.3) is 0 Å². The summed E-state index contributed by atoms with van der Waals surface area (Å²) >= 11 is 0. The van der Waals surface area contributed by atoms with Gasteiger partial charge < -0.3 is 10.6 Å². The number of benzene rings is 2. The van der Waals surface area contributed by atoms with Crippen LogP contribution in [-0.4, -0.2) is 22.0 Å². The van der Waals surface area contributed by atoms with Gasteiger partial charge >= 0.3 is 12.2 Å². The van der Waals surface area contributed by atoms with Crippen molar-refractivity contribution >= 4 is 6.03 Å². The molecule has 0 aliphatic heterocycles. The Morgan fingerprint density at radius 2 is 1.59 bits per heavy atom. The second-order valence-corrected chi connectivity index (χ2v) is 8.45. The highest BCUT2D eigenvalue weighted by molar-refractivity contribution is 5.76. The average Bonchev–Trinajstić information content (AvgIpc) is 3.32. The van der Waals surface area contributed by atoms with Crippen molar-refractivity contribution in [3.63, 3.8) is 0 Å². The third-order valence-electron chi connectivity index (χ3n) is 5.99. The molecule has 4 rings (SSSR count). The summed E-state index contributed by atoms with van der Waals surface area (Å²) in [4.78, 5) is 21.7. The van der Waals surface area contributed by atoms with E-state index in [0.29, 0.717) is 11.6 Å². The number of nitrogens with zero attached hydrogens (tertiary/aromatic N) is 2. The zero-order valence-corrected chi connectivity index (χ0v) is 18.3. The van der Waals surface area contributed by atoms with Gasteiger partial charge in [-0.05, 0) is 48.2 Å². The lowest BCUT2D eigenvalue weighted by Gasteiger charge is -2.35. The zero-order valence-electron chi connectivity index (χ0n) is 18.3. The second kappa shape index (κ2) is 9.79. The molecule has 1 aliphatic carbocycles. The SMILES string of the molecule is O=C(NC1CCCC1)NC(Cc1ccccc1)(c1cc(F)cc(C(F)(F)F)c1)c1ncccn1. The molecule has 1 saturated carbocycles. The van der Waals surface area contributed by atoms with E-state index in [4.69, 9.17) is 0 Å². The van der Waals surface area contributed by atoms with Crippen molar-refractivity contribution < 1.29 is 22.4 Å². The van der Waals surface area contributed by atoms with Crippen molar-refractivity contribution in [2.75, 3.05) is 0 Å². The minimum Gasteiger partial charge on any atom is -0.335 e. The molecule has 34 heavy (non-hydrogen) atoms. The Morgan fingerprint density at radius 1 is 0.941 bits per heavy atom. The number of rotatable bonds is 6. The van der Waals surface area contributed by atoms with Crippen molar-refractivity contribution in [1.82, 2.24) is 20.6 Å². The molecule has 1 fully saturated rings. The normalized spacial score (nSPS) is 16.1. The molecule has 2 aromatic carbocycles. The summed E-state index contributed by atoms with van der Waals surface area (Å²) in [5, 5.41) is 5.73. The van der Waals surface area contributed by atoms with Crippen LogP contribution in [0.1, 0.15) is 48.2 Å². The van der Waals surface area contributed by atoms with E-state index < -0.39 is 29.1 Å². The Kier molecular flexibility index (Phi) is 6.81. The van der Waals surface area contributed by atoms with Crippen LogP contribution in [0.15, 0.2) is 67.0 Å². The Bertz CT molecular complexity index is 1120. The van der Waals surface area contributed by atoms with Crippen LogP contribution < -0.4 is 10.6 Å². The number of carbonyl (C=O) groups excluding carboxylic acids is 1. The number of nitrogens with one attached hydrogen (secondary N) is 2. The monoisotopic (exact) mass is 472 g/mol. The fourth-order valence-corrected chi connectivity index (χ4v) is 4.39. The summed E-state index contributed by atoms with van der Waals surface area (Å²) in [6.45, 7) is 0. The standard InChI is InChI=1S/C25H24F4N4O/c26-20-14-18(13-19(15-20)25(27,28)29)24(22-30-11-6-12-31-22,16-17-7-2-1-3-8-17)33-23(34)32-21-9-4-5-10-21/h1-3,6-8,11-15,21H,4-5,9-10,16H2,(H2,32,33,34). The molecule has 9 heteroatoms. The van der Waals surface area contributed by atoms with Crippen molar-refractivity contribution in [3.05, 3.63) is 95.3 Å². The molecule has 0 saturated heterocycles. The lowest BCUT2D eigenvalue weighted by atomic mass is 9.81. The van der Waals surface area contributed by atoms with Crippen LogP contribution >= 0.6 is 0 Å². The quantitative estimate of drug-likeness (QED) is 0.475. The number of alkyl halides is 3. The Hall–Kier alpha value is -3.49. The van der Waals surface area contributed by atoms with Gasteiger partial charge in [-0.15, -0.1) is 0 Å². The molecule has 2 amide bonds. The van der Waals surface area contributed by atoms with Gasteiger partial charge in [0.05, 0.1) is 5.56 Å². The number of halogens is 4. The Morgan fingerprint density at radius 3 is 2.24 bits per heavy atom. The maximum atomic E-state index is 14.5. The third-order valence-corrected chi connectivity index (χ3v) is 5.99. The number of aromatic nitrogens is 2. The largest absolute Gasteiger partial charge is 0.416 e. The van der Waals surface area contributed by atoms with Gasteiger partial charge in [-0.2, -0.15) is 13.2 Å². The summed E-state index contributed by atoms with van der Waals surface area (Å²) in [6, 6.07) is 12.1. The molecule has 0 radical (unpaired) electrons. The van der Waals surface area contributed by atoms with Gasteiger partial charge in [-0.1, -0.05) is 43.2 Å². The molecule has 1 unspecified atom stereocenters. The van der Waals surface area contributed by atoms with Crippen LogP contribution in [0, 0.1) is 5.82 Å². The van der Waals surface area contributed by atoms with Crippen molar-refractivity contribution in [1.29, 1.82) is 0 Å². The van der Waals surface area contributed by atoms with E-state index in [0.717, 1.165) is 37.8 Å². The molecule has 178 valence electrons. The minimum atomic E-state index is -4.78. The van der Waals surface area contributed by atoms with Crippen LogP contribution in [0.2, 0.25) is 0 Å². The zero-order chi connectivity index (χ0) is 24.2. The first-order chi connectivity index (χ1) is 16.3. The van der Waals surface area contributed by atoms with Gasteiger partial charge in [0, 0.05) is 24.9 Å². The molecule has 0 bridgehead atoms. The predicted octanol–water partition coefficient (Wildman–Crippen LogP) is 5.36. The molecular weight excluding hydrogens is 448 g/mol. The topological polar surface area (TPSA) is 66.9 Å². The number of urea groups is 1. The third kappa shape index (κ3) is 5.35. The Balaban J connectivity index is 1.87. The molecule has 1 aliphatic rings. The molecule has 1 aromatic heterocycles. The highest BCUT2D eigenvalue weighted by Gasteiger charge is 2.42. The summed E-state index contributed by atoms with van der Waals surface area (Å²) in [6.07, 6.45) is 1.71. The molecule has 0 spiro atoms. The van der Waals surface area contributed by atoms with Gasteiger partial charge in [-0.25, -0.2) is 19.2 Å².